The van der Waals surface area contributed by atoms with Gasteiger partial charge in [-0.15, -0.1) is 11.3 Å². The zero-order valence-corrected chi connectivity index (χ0v) is 14.2. The number of thiophene rings is 1. The summed E-state index contributed by atoms with van der Waals surface area (Å²) in [5.41, 5.74) is 0.896. The highest BCUT2D eigenvalue weighted by Gasteiger charge is 2.19. The minimum absolute atomic E-state index is 0.0193. The summed E-state index contributed by atoms with van der Waals surface area (Å²) in [5.74, 6) is 4.91. The van der Waals surface area contributed by atoms with E-state index >= 15 is 0 Å². The van der Waals surface area contributed by atoms with E-state index in [2.05, 4.69) is 20.0 Å². The van der Waals surface area contributed by atoms with Gasteiger partial charge in [-0.1, -0.05) is 0 Å². The van der Waals surface area contributed by atoms with Crippen molar-refractivity contribution in [2.45, 2.75) is 6.92 Å². The summed E-state index contributed by atoms with van der Waals surface area (Å²) >= 11 is 6.83. The normalized spacial score (nSPS) is 10.3. The number of rotatable bonds is 4. The van der Waals surface area contributed by atoms with E-state index in [4.69, 9.17) is 17.4 Å². The minimum Gasteiger partial charge on any atom is -0.465 e. The molecule has 3 N–H and O–H groups in total. The molecule has 0 atom stereocenters. The summed E-state index contributed by atoms with van der Waals surface area (Å²) in [6.45, 7) is 1.77. The average molecular weight is 356 g/mol. The number of hydrogen-bond acceptors (Lipinski definition) is 8. The zero-order chi connectivity index (χ0) is 17.1. The maximum Gasteiger partial charge on any atom is 0.348 e. The summed E-state index contributed by atoms with van der Waals surface area (Å²) in [4.78, 5) is 32.1. The molecular formula is C13H14ClN5O3S. The monoisotopic (exact) mass is 355 g/mol. The molecule has 2 aromatic heterocycles. The number of halogens is 1. The Hall–Kier alpha value is -2.23. The first-order valence-corrected chi connectivity index (χ1v) is 7.54. The molecule has 0 radical (unpaired) electrons. The summed E-state index contributed by atoms with van der Waals surface area (Å²) < 4.78 is 4.66. The van der Waals surface area contributed by atoms with E-state index in [0.717, 1.165) is 16.9 Å². The minimum atomic E-state index is -0.463. The van der Waals surface area contributed by atoms with Crippen LogP contribution in [0.15, 0.2) is 12.3 Å². The number of nitrogens with zero attached hydrogens (tertiary/aromatic N) is 3. The SMILES string of the molecule is COC(=O)c1cc(C)c(NC(=O)c2cnc(Cl)nc2N(C)N)s1. The van der Waals surface area contributed by atoms with E-state index in [0.29, 0.717) is 9.88 Å². The number of methoxy groups -OCH3 is 1. The Morgan fingerprint density at radius 3 is 2.78 bits per heavy atom. The van der Waals surface area contributed by atoms with E-state index in [1.807, 2.05) is 0 Å². The van der Waals surface area contributed by atoms with Crippen LogP contribution < -0.4 is 16.2 Å². The average Bonchev–Trinajstić information content (AvgIpc) is 2.87. The molecule has 0 saturated carbocycles. The molecule has 1 amide bonds. The van der Waals surface area contributed by atoms with Crippen molar-refractivity contribution in [1.82, 2.24) is 9.97 Å². The van der Waals surface area contributed by atoms with Gasteiger partial charge in [-0.05, 0) is 30.2 Å². The van der Waals surface area contributed by atoms with Gasteiger partial charge < -0.3 is 10.1 Å². The lowest BCUT2D eigenvalue weighted by Gasteiger charge is -2.14. The Balaban J connectivity index is 2.30. The number of carbonyl (C=O) groups is 2. The van der Waals surface area contributed by atoms with Gasteiger partial charge in [0, 0.05) is 13.2 Å². The van der Waals surface area contributed by atoms with Crippen LogP contribution in [0.3, 0.4) is 0 Å². The van der Waals surface area contributed by atoms with Crippen LogP contribution in [-0.4, -0.2) is 36.0 Å². The fraction of sp³-hybridized carbons (Fsp3) is 0.231. The van der Waals surface area contributed by atoms with Crippen molar-refractivity contribution >= 4 is 45.6 Å². The molecule has 2 heterocycles. The molecule has 0 fully saturated rings. The van der Waals surface area contributed by atoms with Crippen molar-refractivity contribution in [3.05, 3.63) is 33.6 Å². The molecule has 0 spiro atoms. The van der Waals surface area contributed by atoms with Gasteiger partial charge in [0.15, 0.2) is 5.82 Å². The van der Waals surface area contributed by atoms with Gasteiger partial charge in [-0.3, -0.25) is 9.80 Å². The second-order valence-corrected chi connectivity index (χ2v) is 5.95. The van der Waals surface area contributed by atoms with Gasteiger partial charge in [0.1, 0.15) is 10.4 Å². The van der Waals surface area contributed by atoms with Crippen molar-refractivity contribution in [2.24, 2.45) is 5.84 Å². The van der Waals surface area contributed by atoms with Crippen molar-refractivity contribution in [1.29, 1.82) is 0 Å². The van der Waals surface area contributed by atoms with Crippen LogP contribution in [0, 0.1) is 6.92 Å². The van der Waals surface area contributed by atoms with Gasteiger partial charge >= 0.3 is 5.97 Å². The molecule has 0 aliphatic rings. The van der Waals surface area contributed by atoms with Gasteiger partial charge in [0.25, 0.3) is 5.91 Å². The van der Waals surface area contributed by atoms with E-state index in [-0.39, 0.29) is 16.7 Å². The lowest BCUT2D eigenvalue weighted by molar-refractivity contribution is 0.0606. The van der Waals surface area contributed by atoms with Gasteiger partial charge in [0.2, 0.25) is 5.28 Å². The number of anilines is 2. The number of carbonyl (C=O) groups excluding carboxylic acids is 2. The summed E-state index contributed by atoms with van der Waals surface area (Å²) in [5, 5.41) is 4.38. The third-order valence-corrected chi connectivity index (χ3v) is 4.16. The molecule has 0 aromatic carbocycles. The molecule has 10 heteroatoms. The molecule has 2 aromatic rings. The number of aromatic nitrogens is 2. The Morgan fingerprint density at radius 1 is 1.48 bits per heavy atom. The van der Waals surface area contributed by atoms with Crippen LogP contribution >= 0.6 is 22.9 Å². The number of ether oxygens (including phenoxy) is 1. The second-order valence-electron chi connectivity index (χ2n) is 4.56. The number of nitrogens with one attached hydrogen (secondary N) is 1. The van der Waals surface area contributed by atoms with Gasteiger partial charge in [0.05, 0.1) is 12.1 Å². The Kier molecular flexibility index (Phi) is 5.14. The molecule has 0 aliphatic heterocycles. The maximum atomic E-state index is 12.4. The fourth-order valence-corrected chi connectivity index (χ4v) is 2.87. The van der Waals surface area contributed by atoms with Crippen molar-refractivity contribution in [3.8, 4) is 0 Å². The van der Waals surface area contributed by atoms with E-state index in [1.54, 1.807) is 13.0 Å². The number of aryl methyl sites for hydroxylation is 1. The standard InChI is InChI=1S/C13H14ClN5O3S/c1-6-4-8(12(21)22-3)23-11(6)18-10(20)7-5-16-13(14)17-9(7)19(2)15/h4-5H,15H2,1-3H3,(H,18,20). The van der Waals surface area contributed by atoms with Crippen LogP contribution in [-0.2, 0) is 4.74 Å². The van der Waals surface area contributed by atoms with Crippen LogP contribution in [0.4, 0.5) is 10.8 Å². The Morgan fingerprint density at radius 2 is 2.17 bits per heavy atom. The van der Waals surface area contributed by atoms with E-state index in [9.17, 15) is 9.59 Å². The topological polar surface area (TPSA) is 110 Å². The molecular weight excluding hydrogens is 342 g/mol. The van der Waals surface area contributed by atoms with Crippen molar-refractivity contribution in [2.75, 3.05) is 24.5 Å². The third-order valence-electron chi connectivity index (χ3n) is 2.85. The number of nitrogens with two attached hydrogens (primary N) is 1. The first-order chi connectivity index (χ1) is 10.8. The van der Waals surface area contributed by atoms with E-state index < -0.39 is 11.9 Å². The van der Waals surface area contributed by atoms with Crippen LogP contribution in [0.1, 0.15) is 25.6 Å². The molecule has 0 aliphatic carbocycles. The zero-order valence-electron chi connectivity index (χ0n) is 12.6. The predicted molar refractivity (Wildman–Crippen MR) is 88.0 cm³/mol. The highest BCUT2D eigenvalue weighted by atomic mass is 35.5. The van der Waals surface area contributed by atoms with Crippen LogP contribution in [0.25, 0.3) is 0 Å². The van der Waals surface area contributed by atoms with Gasteiger partial charge in [-0.2, -0.15) is 4.98 Å². The number of amides is 1. The van der Waals surface area contributed by atoms with Crippen LogP contribution in [0.2, 0.25) is 5.28 Å². The van der Waals surface area contributed by atoms with Crippen LogP contribution in [0.5, 0.6) is 0 Å². The first kappa shape index (κ1) is 17.1. The fourth-order valence-electron chi connectivity index (χ4n) is 1.76. The molecule has 8 nitrogen and oxygen atoms in total. The maximum absolute atomic E-state index is 12.4. The first-order valence-electron chi connectivity index (χ1n) is 6.34. The van der Waals surface area contributed by atoms with Gasteiger partial charge in [-0.25, -0.2) is 15.6 Å². The molecule has 0 bridgehead atoms. The molecule has 0 unspecified atom stereocenters. The van der Waals surface area contributed by atoms with Crippen molar-refractivity contribution < 1.29 is 14.3 Å². The highest BCUT2D eigenvalue weighted by Crippen LogP contribution is 2.29. The van der Waals surface area contributed by atoms with Crippen molar-refractivity contribution in [3.63, 3.8) is 0 Å². The summed E-state index contributed by atoms with van der Waals surface area (Å²) in [7, 11) is 2.82. The number of esters is 1. The lowest BCUT2D eigenvalue weighted by atomic mass is 10.2. The lowest BCUT2D eigenvalue weighted by Crippen LogP contribution is -2.29. The molecule has 23 heavy (non-hydrogen) atoms. The quantitative estimate of drug-likeness (QED) is 0.372. The smallest absolute Gasteiger partial charge is 0.348 e. The highest BCUT2D eigenvalue weighted by molar-refractivity contribution is 7.18. The summed E-state index contributed by atoms with van der Waals surface area (Å²) in [6.07, 6.45) is 1.29. The third kappa shape index (κ3) is 3.76. The molecule has 0 saturated heterocycles. The Bertz CT molecular complexity index is 762. The summed E-state index contributed by atoms with van der Waals surface area (Å²) in [6, 6.07) is 1.64. The molecule has 2 rings (SSSR count). The largest absolute Gasteiger partial charge is 0.465 e. The Labute approximate surface area is 141 Å². The second kappa shape index (κ2) is 6.90. The number of hydrazine groups is 1. The predicted octanol–water partition coefficient (Wildman–Crippen LogP) is 1.85. The number of hydrogen-bond donors (Lipinski definition) is 2. The molecule has 122 valence electrons. The van der Waals surface area contributed by atoms with E-state index in [1.165, 1.54) is 25.4 Å².